The van der Waals surface area contributed by atoms with Crippen LogP contribution < -0.4 is 9.80 Å². The molecule has 1 fully saturated rings. The first-order chi connectivity index (χ1) is 11.7. The predicted molar refractivity (Wildman–Crippen MR) is 93.1 cm³/mol. The molecule has 1 saturated heterocycles. The fourth-order valence-electron chi connectivity index (χ4n) is 3.52. The molecule has 0 aliphatic carbocycles. The van der Waals surface area contributed by atoms with Crippen LogP contribution in [-0.2, 0) is 6.42 Å². The fourth-order valence-corrected chi connectivity index (χ4v) is 3.52. The van der Waals surface area contributed by atoms with Crippen LogP contribution in [0, 0.1) is 5.82 Å². The Morgan fingerprint density at radius 3 is 2.33 bits per heavy atom. The molecule has 24 heavy (non-hydrogen) atoms. The molecule has 0 radical (unpaired) electrons. The van der Waals surface area contributed by atoms with E-state index in [1.165, 1.54) is 17.7 Å². The number of benzene rings is 2. The third kappa shape index (κ3) is 2.70. The van der Waals surface area contributed by atoms with Crippen molar-refractivity contribution in [2.45, 2.75) is 6.42 Å². The van der Waals surface area contributed by atoms with Gasteiger partial charge in [-0.3, -0.25) is 4.90 Å². The third-order valence-corrected chi connectivity index (χ3v) is 4.86. The van der Waals surface area contributed by atoms with Crippen molar-refractivity contribution in [3.05, 3.63) is 59.9 Å². The van der Waals surface area contributed by atoms with E-state index in [4.69, 9.17) is 0 Å². The van der Waals surface area contributed by atoms with Gasteiger partial charge in [0.25, 0.3) is 0 Å². The molecule has 2 aliphatic heterocycles. The maximum Gasteiger partial charge on any atom is 0.324 e. The standard InChI is InChI=1S/C19H20FN3O/c20-16-5-7-17(8-6-16)21-11-13-22(14-12-21)19(24)23-10-9-15-3-1-2-4-18(15)23/h1-8H,9-14H2. The lowest BCUT2D eigenvalue weighted by molar-refractivity contribution is 0.201. The van der Waals surface area contributed by atoms with E-state index in [9.17, 15) is 9.18 Å². The lowest BCUT2D eigenvalue weighted by atomic mass is 10.2. The minimum atomic E-state index is -0.222. The summed E-state index contributed by atoms with van der Waals surface area (Å²) in [6.45, 7) is 3.68. The second-order valence-electron chi connectivity index (χ2n) is 6.26. The number of para-hydroxylation sites is 1. The quantitative estimate of drug-likeness (QED) is 0.805. The highest BCUT2D eigenvalue weighted by atomic mass is 19.1. The number of amides is 2. The summed E-state index contributed by atoms with van der Waals surface area (Å²) in [4.78, 5) is 18.8. The molecule has 0 atom stereocenters. The van der Waals surface area contributed by atoms with Gasteiger partial charge in [0, 0.05) is 44.1 Å². The Balaban J connectivity index is 1.41. The summed E-state index contributed by atoms with van der Waals surface area (Å²) >= 11 is 0. The molecule has 0 saturated carbocycles. The Bertz CT molecular complexity index is 739. The maximum absolute atomic E-state index is 13.0. The third-order valence-electron chi connectivity index (χ3n) is 4.86. The van der Waals surface area contributed by atoms with E-state index in [0.717, 1.165) is 37.4 Å². The van der Waals surface area contributed by atoms with Gasteiger partial charge >= 0.3 is 6.03 Å². The fraction of sp³-hybridized carbons (Fsp3) is 0.316. The number of nitrogens with zero attached hydrogens (tertiary/aromatic N) is 3. The Morgan fingerprint density at radius 1 is 0.875 bits per heavy atom. The van der Waals surface area contributed by atoms with Crippen LogP contribution in [0.3, 0.4) is 0 Å². The topological polar surface area (TPSA) is 26.8 Å². The van der Waals surface area contributed by atoms with Crippen LogP contribution in [0.15, 0.2) is 48.5 Å². The molecule has 0 aromatic heterocycles. The molecule has 2 amide bonds. The number of piperazine rings is 1. The summed E-state index contributed by atoms with van der Waals surface area (Å²) in [6.07, 6.45) is 0.928. The van der Waals surface area contributed by atoms with Crippen molar-refractivity contribution in [3.63, 3.8) is 0 Å². The molecule has 124 valence electrons. The van der Waals surface area contributed by atoms with E-state index in [2.05, 4.69) is 11.0 Å². The van der Waals surface area contributed by atoms with Crippen molar-refractivity contribution in [1.29, 1.82) is 0 Å². The maximum atomic E-state index is 13.0. The van der Waals surface area contributed by atoms with Crippen LogP contribution in [0.25, 0.3) is 0 Å². The summed E-state index contributed by atoms with van der Waals surface area (Å²) < 4.78 is 13.0. The largest absolute Gasteiger partial charge is 0.368 e. The van der Waals surface area contributed by atoms with Crippen LogP contribution in [0.4, 0.5) is 20.6 Å². The molecule has 4 nitrogen and oxygen atoms in total. The normalized spacial score (nSPS) is 17.1. The number of hydrogen-bond acceptors (Lipinski definition) is 2. The molecule has 0 bridgehead atoms. The monoisotopic (exact) mass is 325 g/mol. The van der Waals surface area contributed by atoms with E-state index in [1.54, 1.807) is 12.1 Å². The average Bonchev–Trinajstić information content (AvgIpc) is 3.06. The first-order valence-electron chi connectivity index (χ1n) is 8.37. The van der Waals surface area contributed by atoms with Gasteiger partial charge in [-0.15, -0.1) is 0 Å². The van der Waals surface area contributed by atoms with E-state index in [0.29, 0.717) is 13.1 Å². The highest BCUT2D eigenvalue weighted by Crippen LogP contribution is 2.28. The zero-order valence-electron chi connectivity index (χ0n) is 13.5. The summed E-state index contributed by atoms with van der Waals surface area (Å²) in [7, 11) is 0. The Labute approximate surface area is 141 Å². The molecule has 4 rings (SSSR count). The Hall–Kier alpha value is -2.56. The molecule has 2 heterocycles. The van der Waals surface area contributed by atoms with Gasteiger partial charge in [-0.25, -0.2) is 9.18 Å². The second-order valence-corrected chi connectivity index (χ2v) is 6.26. The number of hydrogen-bond donors (Lipinski definition) is 0. The smallest absolute Gasteiger partial charge is 0.324 e. The van der Waals surface area contributed by atoms with Crippen LogP contribution >= 0.6 is 0 Å². The zero-order valence-corrected chi connectivity index (χ0v) is 13.5. The van der Waals surface area contributed by atoms with Gasteiger partial charge in [-0.05, 0) is 42.3 Å². The van der Waals surface area contributed by atoms with Gasteiger partial charge in [-0.1, -0.05) is 18.2 Å². The molecular weight excluding hydrogens is 305 g/mol. The minimum absolute atomic E-state index is 0.0960. The number of carbonyl (C=O) groups excluding carboxylic acids is 1. The number of fused-ring (bicyclic) bond motifs is 1. The molecule has 0 N–H and O–H groups in total. The Kier molecular flexibility index (Phi) is 3.84. The second kappa shape index (κ2) is 6.15. The van der Waals surface area contributed by atoms with Crippen molar-refractivity contribution in [1.82, 2.24) is 4.90 Å². The van der Waals surface area contributed by atoms with Crippen LogP contribution in [0.2, 0.25) is 0 Å². The van der Waals surface area contributed by atoms with Crippen molar-refractivity contribution in [2.75, 3.05) is 42.5 Å². The van der Waals surface area contributed by atoms with Gasteiger partial charge in [-0.2, -0.15) is 0 Å². The molecule has 5 heteroatoms. The van der Waals surface area contributed by atoms with Gasteiger partial charge in [0.1, 0.15) is 5.82 Å². The lowest BCUT2D eigenvalue weighted by Gasteiger charge is -2.37. The number of halogens is 1. The molecular formula is C19H20FN3O. The molecule has 0 unspecified atom stereocenters. The van der Waals surface area contributed by atoms with Crippen molar-refractivity contribution in [3.8, 4) is 0 Å². The Morgan fingerprint density at radius 2 is 1.58 bits per heavy atom. The first kappa shape index (κ1) is 15.0. The van der Waals surface area contributed by atoms with Crippen LogP contribution in [0.1, 0.15) is 5.56 Å². The first-order valence-corrected chi connectivity index (χ1v) is 8.37. The molecule has 0 spiro atoms. The highest BCUT2D eigenvalue weighted by molar-refractivity contribution is 5.94. The molecule has 2 aromatic carbocycles. The summed E-state index contributed by atoms with van der Waals surface area (Å²) in [5.74, 6) is -0.222. The lowest BCUT2D eigenvalue weighted by Crippen LogP contribution is -2.52. The number of anilines is 2. The van der Waals surface area contributed by atoms with Crippen molar-refractivity contribution < 1.29 is 9.18 Å². The predicted octanol–water partition coefficient (Wildman–Crippen LogP) is 3.13. The summed E-state index contributed by atoms with van der Waals surface area (Å²) in [5.41, 5.74) is 3.30. The van der Waals surface area contributed by atoms with Gasteiger partial charge < -0.3 is 9.80 Å². The van der Waals surface area contributed by atoms with Crippen LogP contribution in [-0.4, -0.2) is 43.7 Å². The SMILES string of the molecule is O=C(N1CCN(c2ccc(F)cc2)CC1)N1CCc2ccccc21. The average molecular weight is 325 g/mol. The minimum Gasteiger partial charge on any atom is -0.368 e. The van der Waals surface area contributed by atoms with Gasteiger partial charge in [0.2, 0.25) is 0 Å². The van der Waals surface area contributed by atoms with E-state index in [1.807, 2.05) is 28.0 Å². The van der Waals surface area contributed by atoms with Gasteiger partial charge in [0.15, 0.2) is 0 Å². The van der Waals surface area contributed by atoms with Crippen molar-refractivity contribution >= 4 is 17.4 Å². The highest BCUT2D eigenvalue weighted by Gasteiger charge is 2.30. The van der Waals surface area contributed by atoms with Gasteiger partial charge in [0.05, 0.1) is 0 Å². The molecule has 2 aromatic rings. The van der Waals surface area contributed by atoms with Crippen molar-refractivity contribution in [2.24, 2.45) is 0 Å². The summed E-state index contributed by atoms with van der Waals surface area (Å²) in [5, 5.41) is 0. The van der Waals surface area contributed by atoms with E-state index in [-0.39, 0.29) is 11.8 Å². The number of rotatable bonds is 1. The van der Waals surface area contributed by atoms with E-state index < -0.39 is 0 Å². The summed E-state index contributed by atoms with van der Waals surface area (Å²) in [6, 6.07) is 14.8. The zero-order chi connectivity index (χ0) is 16.5. The van der Waals surface area contributed by atoms with E-state index >= 15 is 0 Å². The molecule has 2 aliphatic rings. The van der Waals surface area contributed by atoms with Crippen LogP contribution in [0.5, 0.6) is 0 Å². The number of carbonyl (C=O) groups is 1. The number of urea groups is 1.